The molecule has 0 fully saturated rings. The number of carbonyl (C=O) groups excluding carboxylic acids is 3. The number of benzene rings is 1. The molecule has 0 heterocycles. The molecule has 0 unspecified atom stereocenters. The number of carbonyl (C=O) groups is 3. The number of esters is 1. The van der Waals surface area contributed by atoms with Crippen molar-refractivity contribution in [2.45, 2.75) is 32.8 Å². The van der Waals surface area contributed by atoms with Crippen molar-refractivity contribution < 1.29 is 23.9 Å². The Morgan fingerprint density at radius 1 is 1.22 bits per heavy atom. The van der Waals surface area contributed by atoms with Gasteiger partial charge in [-0.3, -0.25) is 4.79 Å². The van der Waals surface area contributed by atoms with E-state index < -0.39 is 17.7 Å². The number of hydrogen-bond donors (Lipinski definition) is 1. The van der Waals surface area contributed by atoms with Crippen LogP contribution in [0.5, 0.6) is 0 Å². The second kappa shape index (κ2) is 7.97. The first-order chi connectivity index (χ1) is 10.6. The van der Waals surface area contributed by atoms with Gasteiger partial charge in [0.25, 0.3) is 0 Å². The monoisotopic (exact) mass is 341 g/mol. The Balaban J connectivity index is 2.58. The summed E-state index contributed by atoms with van der Waals surface area (Å²) in [7, 11) is 1.27. The van der Waals surface area contributed by atoms with Crippen LogP contribution in [0.4, 0.5) is 4.79 Å². The van der Waals surface area contributed by atoms with Gasteiger partial charge in [0.2, 0.25) is 0 Å². The Bertz CT molecular complexity index is 607. The average Bonchev–Trinajstić information content (AvgIpc) is 2.44. The average molecular weight is 342 g/mol. The fourth-order valence-electron chi connectivity index (χ4n) is 1.70. The minimum atomic E-state index is -0.655. The van der Waals surface area contributed by atoms with Crippen LogP contribution in [0.3, 0.4) is 0 Å². The number of ketones is 1. The number of alkyl carbamates (subject to hydrolysis) is 1. The summed E-state index contributed by atoms with van der Waals surface area (Å²) in [4.78, 5) is 34.7. The van der Waals surface area contributed by atoms with E-state index in [2.05, 4.69) is 10.1 Å². The molecule has 0 saturated carbocycles. The molecule has 0 aromatic heterocycles. The molecule has 1 N–H and O–H groups in total. The lowest BCUT2D eigenvalue weighted by Gasteiger charge is -2.19. The highest BCUT2D eigenvalue weighted by molar-refractivity contribution is 6.31. The van der Waals surface area contributed by atoms with E-state index in [0.717, 1.165) is 0 Å². The molecule has 1 rings (SSSR count). The minimum absolute atomic E-state index is 0.0378. The highest BCUT2D eigenvalue weighted by Gasteiger charge is 2.17. The predicted octanol–water partition coefficient (Wildman–Crippen LogP) is 2.76. The first-order valence-corrected chi connectivity index (χ1v) is 7.35. The largest absolute Gasteiger partial charge is 0.465 e. The molecule has 1 amide bonds. The summed E-state index contributed by atoms with van der Waals surface area (Å²) in [6, 6.07) is 4.55. The van der Waals surface area contributed by atoms with Gasteiger partial charge in [-0.2, -0.15) is 0 Å². The lowest BCUT2D eigenvalue weighted by Crippen LogP contribution is -2.35. The van der Waals surface area contributed by atoms with Crippen molar-refractivity contribution in [1.29, 1.82) is 0 Å². The highest BCUT2D eigenvalue weighted by Crippen LogP contribution is 2.19. The molecule has 0 saturated heterocycles. The number of hydrogen-bond acceptors (Lipinski definition) is 5. The SMILES string of the molecule is COC(=O)c1ccc(CC(=O)CNC(=O)OC(C)(C)C)c(Cl)c1. The molecule has 0 spiro atoms. The van der Waals surface area contributed by atoms with Gasteiger partial charge >= 0.3 is 12.1 Å². The zero-order valence-electron chi connectivity index (χ0n) is 13.6. The smallest absolute Gasteiger partial charge is 0.408 e. The van der Waals surface area contributed by atoms with Gasteiger partial charge in [0, 0.05) is 11.4 Å². The molecule has 126 valence electrons. The van der Waals surface area contributed by atoms with E-state index in [1.807, 2.05) is 0 Å². The topological polar surface area (TPSA) is 81.7 Å². The van der Waals surface area contributed by atoms with Crippen molar-refractivity contribution in [2.24, 2.45) is 0 Å². The summed E-state index contributed by atoms with van der Waals surface area (Å²) in [5.41, 5.74) is 0.246. The molecule has 1 aromatic rings. The van der Waals surface area contributed by atoms with E-state index >= 15 is 0 Å². The Morgan fingerprint density at radius 3 is 2.39 bits per heavy atom. The molecule has 1 aromatic carbocycles. The molecule has 0 aliphatic carbocycles. The molecular formula is C16H20ClNO5. The number of amides is 1. The van der Waals surface area contributed by atoms with Gasteiger partial charge in [-0.05, 0) is 38.5 Å². The van der Waals surface area contributed by atoms with Crippen LogP contribution >= 0.6 is 11.6 Å². The molecular weight excluding hydrogens is 322 g/mol. The standard InChI is InChI=1S/C16H20ClNO5/c1-16(2,3)23-15(21)18-9-12(19)7-10-5-6-11(8-13(10)17)14(20)22-4/h5-6,8H,7,9H2,1-4H3,(H,18,21). The Morgan fingerprint density at radius 2 is 1.87 bits per heavy atom. The van der Waals surface area contributed by atoms with Gasteiger partial charge in [-0.25, -0.2) is 9.59 Å². The van der Waals surface area contributed by atoms with Crippen LogP contribution in [0.25, 0.3) is 0 Å². The van der Waals surface area contributed by atoms with Crippen molar-refractivity contribution >= 4 is 29.4 Å². The number of methoxy groups -OCH3 is 1. The first kappa shape index (κ1) is 19.0. The number of halogens is 1. The molecule has 0 aliphatic heterocycles. The van der Waals surface area contributed by atoms with E-state index in [4.69, 9.17) is 16.3 Å². The predicted molar refractivity (Wildman–Crippen MR) is 85.7 cm³/mol. The molecule has 0 radical (unpaired) electrons. The zero-order valence-corrected chi connectivity index (χ0v) is 14.3. The zero-order chi connectivity index (χ0) is 17.6. The molecule has 6 nitrogen and oxygen atoms in total. The van der Waals surface area contributed by atoms with Crippen molar-refractivity contribution in [3.05, 3.63) is 34.3 Å². The lowest BCUT2D eigenvalue weighted by molar-refractivity contribution is -0.117. The van der Waals surface area contributed by atoms with Gasteiger partial charge in [0.05, 0.1) is 19.2 Å². The van der Waals surface area contributed by atoms with Gasteiger partial charge in [0.15, 0.2) is 5.78 Å². The summed E-state index contributed by atoms with van der Waals surface area (Å²) in [6.45, 7) is 5.04. The van der Waals surface area contributed by atoms with Gasteiger partial charge in [0.1, 0.15) is 5.60 Å². The van der Waals surface area contributed by atoms with Crippen molar-refractivity contribution in [2.75, 3.05) is 13.7 Å². The first-order valence-electron chi connectivity index (χ1n) is 6.97. The fourth-order valence-corrected chi connectivity index (χ4v) is 1.94. The summed E-state index contributed by atoms with van der Waals surface area (Å²) < 4.78 is 9.63. The van der Waals surface area contributed by atoms with Crippen molar-refractivity contribution in [3.63, 3.8) is 0 Å². The third kappa shape index (κ3) is 6.69. The van der Waals surface area contributed by atoms with Crippen molar-refractivity contribution in [1.82, 2.24) is 5.32 Å². The summed E-state index contributed by atoms with van der Waals surface area (Å²) in [5, 5.41) is 2.68. The minimum Gasteiger partial charge on any atom is -0.465 e. The Labute approximate surface area is 140 Å². The maximum absolute atomic E-state index is 11.9. The van der Waals surface area contributed by atoms with Crippen LogP contribution in [0.2, 0.25) is 5.02 Å². The third-order valence-electron chi connectivity index (χ3n) is 2.69. The van der Waals surface area contributed by atoms with Crippen molar-refractivity contribution in [3.8, 4) is 0 Å². The van der Waals surface area contributed by atoms with E-state index in [-0.39, 0.29) is 18.7 Å². The van der Waals surface area contributed by atoms with Gasteiger partial charge in [-0.1, -0.05) is 17.7 Å². The number of nitrogens with one attached hydrogen (secondary N) is 1. The second-order valence-corrected chi connectivity index (χ2v) is 6.28. The maximum atomic E-state index is 11.9. The summed E-state index contributed by atoms with van der Waals surface area (Å²) >= 11 is 6.05. The highest BCUT2D eigenvalue weighted by atomic mass is 35.5. The van der Waals surface area contributed by atoms with Crippen LogP contribution in [0, 0.1) is 0 Å². The second-order valence-electron chi connectivity index (χ2n) is 5.87. The van der Waals surface area contributed by atoms with Crippen LogP contribution in [-0.2, 0) is 20.7 Å². The Hall–Kier alpha value is -2.08. The Kier molecular flexibility index (Phi) is 6.57. The van der Waals surface area contributed by atoms with E-state index in [9.17, 15) is 14.4 Å². The molecule has 0 bridgehead atoms. The van der Waals surface area contributed by atoms with Crippen LogP contribution in [0.1, 0.15) is 36.7 Å². The van der Waals surface area contributed by atoms with Crippen LogP contribution < -0.4 is 5.32 Å². The number of ether oxygens (including phenoxy) is 2. The van der Waals surface area contributed by atoms with Crippen LogP contribution in [0.15, 0.2) is 18.2 Å². The number of rotatable bonds is 5. The van der Waals surface area contributed by atoms with Gasteiger partial charge in [-0.15, -0.1) is 0 Å². The maximum Gasteiger partial charge on any atom is 0.408 e. The molecule has 0 atom stereocenters. The quantitative estimate of drug-likeness (QED) is 0.833. The molecule has 23 heavy (non-hydrogen) atoms. The lowest BCUT2D eigenvalue weighted by atomic mass is 10.1. The molecule has 7 heteroatoms. The van der Waals surface area contributed by atoms with E-state index in [1.165, 1.54) is 19.2 Å². The summed E-state index contributed by atoms with van der Waals surface area (Å²) in [5.74, 6) is -0.736. The summed E-state index contributed by atoms with van der Waals surface area (Å²) in [6.07, 6.45) is -0.617. The van der Waals surface area contributed by atoms with Gasteiger partial charge < -0.3 is 14.8 Å². The molecule has 0 aliphatic rings. The normalized spacial score (nSPS) is 10.8. The van der Waals surface area contributed by atoms with E-state index in [1.54, 1.807) is 26.8 Å². The fraction of sp³-hybridized carbons (Fsp3) is 0.438. The van der Waals surface area contributed by atoms with Crippen LogP contribution in [-0.4, -0.2) is 37.1 Å². The van der Waals surface area contributed by atoms with E-state index in [0.29, 0.717) is 16.1 Å². The number of Topliss-reactive ketones (excluding diaryl/α,β-unsaturated/α-hetero) is 1. The third-order valence-corrected chi connectivity index (χ3v) is 3.04.